The summed E-state index contributed by atoms with van der Waals surface area (Å²) in [4.78, 5) is 12.2. The molecule has 1 saturated carbocycles. The number of carbonyl (C=O) groups excluding carboxylic acids is 1. The SMILES string of the molecule is C[C@@H]1CCCC[C@H]1NC(=O)c1ccc(N)cc1Cl. The van der Waals surface area contributed by atoms with Crippen molar-refractivity contribution in [3.63, 3.8) is 0 Å². The van der Waals surface area contributed by atoms with E-state index in [4.69, 9.17) is 17.3 Å². The zero-order valence-corrected chi connectivity index (χ0v) is 11.3. The third-order valence-corrected chi connectivity index (χ3v) is 3.98. The monoisotopic (exact) mass is 266 g/mol. The Hall–Kier alpha value is -1.22. The van der Waals surface area contributed by atoms with Crippen LogP contribution >= 0.6 is 11.6 Å². The molecule has 1 aliphatic carbocycles. The van der Waals surface area contributed by atoms with Crippen molar-refractivity contribution in [1.82, 2.24) is 5.32 Å². The summed E-state index contributed by atoms with van der Waals surface area (Å²) in [6.07, 6.45) is 4.68. The highest BCUT2D eigenvalue weighted by molar-refractivity contribution is 6.34. The molecule has 0 saturated heterocycles. The standard InChI is InChI=1S/C14H19ClN2O/c1-9-4-2-3-5-13(9)17-14(18)11-7-6-10(16)8-12(11)15/h6-9,13H,2-5,16H2,1H3,(H,17,18)/t9-,13-/m1/s1. The molecule has 1 aliphatic rings. The molecule has 0 unspecified atom stereocenters. The van der Waals surface area contributed by atoms with Gasteiger partial charge in [-0.2, -0.15) is 0 Å². The smallest absolute Gasteiger partial charge is 0.253 e. The number of benzene rings is 1. The fourth-order valence-corrected chi connectivity index (χ4v) is 2.77. The molecule has 4 heteroatoms. The summed E-state index contributed by atoms with van der Waals surface area (Å²) in [6.45, 7) is 2.19. The van der Waals surface area contributed by atoms with E-state index in [1.54, 1.807) is 18.2 Å². The van der Waals surface area contributed by atoms with E-state index in [1.165, 1.54) is 19.3 Å². The molecule has 1 amide bonds. The molecule has 2 rings (SSSR count). The van der Waals surface area contributed by atoms with Crippen LogP contribution in [0.1, 0.15) is 43.0 Å². The topological polar surface area (TPSA) is 55.1 Å². The number of carbonyl (C=O) groups is 1. The van der Waals surface area contributed by atoms with Crippen LogP contribution in [-0.4, -0.2) is 11.9 Å². The van der Waals surface area contributed by atoms with Crippen LogP contribution in [0.15, 0.2) is 18.2 Å². The lowest BCUT2D eigenvalue weighted by Gasteiger charge is -2.29. The molecule has 0 radical (unpaired) electrons. The summed E-state index contributed by atoms with van der Waals surface area (Å²) in [5.41, 5.74) is 6.69. The lowest BCUT2D eigenvalue weighted by Crippen LogP contribution is -2.41. The first-order valence-corrected chi connectivity index (χ1v) is 6.81. The highest BCUT2D eigenvalue weighted by Gasteiger charge is 2.23. The number of halogens is 1. The van der Waals surface area contributed by atoms with Crippen LogP contribution in [0.4, 0.5) is 5.69 Å². The average molecular weight is 267 g/mol. The number of nitrogen functional groups attached to an aromatic ring is 1. The molecule has 1 aromatic carbocycles. The summed E-state index contributed by atoms with van der Waals surface area (Å²) >= 11 is 6.04. The van der Waals surface area contributed by atoms with Crippen molar-refractivity contribution in [2.45, 2.75) is 38.6 Å². The number of nitrogens with one attached hydrogen (secondary N) is 1. The van der Waals surface area contributed by atoms with Crippen LogP contribution in [0.5, 0.6) is 0 Å². The molecule has 1 fully saturated rings. The van der Waals surface area contributed by atoms with Gasteiger partial charge in [0, 0.05) is 11.7 Å². The van der Waals surface area contributed by atoms with Crippen LogP contribution in [-0.2, 0) is 0 Å². The molecule has 0 aliphatic heterocycles. The number of hydrogen-bond acceptors (Lipinski definition) is 2. The Morgan fingerprint density at radius 1 is 1.39 bits per heavy atom. The second kappa shape index (κ2) is 5.61. The molecular formula is C14H19ClN2O. The zero-order valence-electron chi connectivity index (χ0n) is 10.6. The Balaban J connectivity index is 2.07. The summed E-state index contributed by atoms with van der Waals surface area (Å²) in [7, 11) is 0. The van der Waals surface area contributed by atoms with Crippen LogP contribution < -0.4 is 11.1 Å². The first kappa shape index (κ1) is 13.2. The van der Waals surface area contributed by atoms with E-state index in [9.17, 15) is 4.79 Å². The lowest BCUT2D eigenvalue weighted by atomic mass is 9.86. The van der Waals surface area contributed by atoms with Crippen LogP contribution in [0.3, 0.4) is 0 Å². The van der Waals surface area contributed by atoms with E-state index in [1.807, 2.05) is 0 Å². The summed E-state index contributed by atoms with van der Waals surface area (Å²) in [5, 5.41) is 3.49. The van der Waals surface area contributed by atoms with Crippen molar-refractivity contribution in [2.75, 3.05) is 5.73 Å². The second-order valence-corrected chi connectivity index (χ2v) is 5.49. The molecule has 3 nitrogen and oxygen atoms in total. The van der Waals surface area contributed by atoms with Gasteiger partial charge in [0.15, 0.2) is 0 Å². The van der Waals surface area contributed by atoms with Crippen molar-refractivity contribution in [1.29, 1.82) is 0 Å². The predicted molar refractivity (Wildman–Crippen MR) is 74.8 cm³/mol. The number of anilines is 1. The summed E-state index contributed by atoms with van der Waals surface area (Å²) in [6, 6.07) is 5.26. The predicted octanol–water partition coefficient (Wildman–Crippen LogP) is 3.23. The first-order chi connectivity index (χ1) is 8.58. The van der Waals surface area contributed by atoms with Gasteiger partial charge in [0.1, 0.15) is 0 Å². The van der Waals surface area contributed by atoms with Crippen molar-refractivity contribution >= 4 is 23.2 Å². The highest BCUT2D eigenvalue weighted by Crippen LogP contribution is 2.25. The van der Waals surface area contributed by atoms with Gasteiger partial charge in [-0.1, -0.05) is 31.4 Å². The normalized spacial score (nSPS) is 23.7. The molecule has 18 heavy (non-hydrogen) atoms. The number of rotatable bonds is 2. The van der Waals surface area contributed by atoms with Gasteiger partial charge in [0.05, 0.1) is 10.6 Å². The maximum atomic E-state index is 12.2. The number of nitrogens with two attached hydrogens (primary N) is 1. The molecular weight excluding hydrogens is 248 g/mol. The van der Waals surface area contributed by atoms with Crippen LogP contribution in [0.25, 0.3) is 0 Å². The van der Waals surface area contributed by atoms with E-state index in [0.29, 0.717) is 22.2 Å². The van der Waals surface area contributed by atoms with E-state index in [0.717, 1.165) is 6.42 Å². The van der Waals surface area contributed by atoms with Gasteiger partial charge in [-0.3, -0.25) is 4.79 Å². The van der Waals surface area contributed by atoms with E-state index in [2.05, 4.69) is 12.2 Å². The fourth-order valence-electron chi connectivity index (χ4n) is 2.49. The third-order valence-electron chi connectivity index (χ3n) is 3.67. The minimum Gasteiger partial charge on any atom is -0.399 e. The highest BCUT2D eigenvalue weighted by atomic mass is 35.5. The minimum absolute atomic E-state index is 0.0984. The van der Waals surface area contributed by atoms with Gasteiger partial charge in [-0.25, -0.2) is 0 Å². The van der Waals surface area contributed by atoms with Crippen molar-refractivity contribution in [3.8, 4) is 0 Å². The summed E-state index contributed by atoms with van der Waals surface area (Å²) < 4.78 is 0. The Kier molecular flexibility index (Phi) is 4.12. The van der Waals surface area contributed by atoms with Gasteiger partial charge < -0.3 is 11.1 Å². The molecule has 0 heterocycles. The fraction of sp³-hybridized carbons (Fsp3) is 0.500. The molecule has 0 aromatic heterocycles. The quantitative estimate of drug-likeness (QED) is 0.808. The maximum absolute atomic E-state index is 12.2. The molecule has 98 valence electrons. The number of hydrogen-bond donors (Lipinski definition) is 2. The van der Waals surface area contributed by atoms with Gasteiger partial charge in [0.2, 0.25) is 0 Å². The van der Waals surface area contributed by atoms with Crippen LogP contribution in [0.2, 0.25) is 5.02 Å². The second-order valence-electron chi connectivity index (χ2n) is 5.08. The van der Waals surface area contributed by atoms with Gasteiger partial charge in [-0.15, -0.1) is 0 Å². The molecule has 3 N–H and O–H groups in total. The van der Waals surface area contributed by atoms with E-state index < -0.39 is 0 Å². The van der Waals surface area contributed by atoms with Gasteiger partial charge in [0.25, 0.3) is 5.91 Å². The largest absolute Gasteiger partial charge is 0.399 e. The van der Waals surface area contributed by atoms with E-state index in [-0.39, 0.29) is 11.9 Å². The molecule has 0 bridgehead atoms. The molecule has 1 aromatic rings. The Bertz CT molecular complexity index is 447. The molecule has 2 atom stereocenters. The van der Waals surface area contributed by atoms with Crippen molar-refractivity contribution < 1.29 is 4.79 Å². The minimum atomic E-state index is -0.0984. The zero-order chi connectivity index (χ0) is 13.1. The Labute approximate surface area is 113 Å². The van der Waals surface area contributed by atoms with E-state index >= 15 is 0 Å². The Morgan fingerprint density at radius 3 is 2.78 bits per heavy atom. The van der Waals surface area contributed by atoms with Crippen molar-refractivity contribution in [2.24, 2.45) is 5.92 Å². The lowest BCUT2D eigenvalue weighted by molar-refractivity contribution is 0.0910. The van der Waals surface area contributed by atoms with Crippen molar-refractivity contribution in [3.05, 3.63) is 28.8 Å². The number of amides is 1. The third kappa shape index (κ3) is 2.96. The molecule has 0 spiro atoms. The van der Waals surface area contributed by atoms with Gasteiger partial charge >= 0.3 is 0 Å². The Morgan fingerprint density at radius 2 is 2.11 bits per heavy atom. The summed E-state index contributed by atoms with van der Waals surface area (Å²) in [5.74, 6) is 0.439. The van der Waals surface area contributed by atoms with Crippen LogP contribution in [0, 0.1) is 5.92 Å². The maximum Gasteiger partial charge on any atom is 0.253 e. The average Bonchev–Trinajstić information content (AvgIpc) is 2.32. The first-order valence-electron chi connectivity index (χ1n) is 6.44. The van der Waals surface area contributed by atoms with Gasteiger partial charge in [-0.05, 0) is 37.0 Å².